The molecule has 2 rings (SSSR count). The lowest BCUT2D eigenvalue weighted by atomic mass is 10.1. The van der Waals surface area contributed by atoms with E-state index in [2.05, 4.69) is 73.4 Å². The molecule has 0 amide bonds. The molecule has 0 bridgehead atoms. The van der Waals surface area contributed by atoms with E-state index in [-0.39, 0.29) is 6.04 Å². The van der Waals surface area contributed by atoms with E-state index >= 15 is 0 Å². The summed E-state index contributed by atoms with van der Waals surface area (Å²) >= 11 is 0. The molecule has 0 aliphatic heterocycles. The zero-order valence-corrected chi connectivity index (χ0v) is 12.7. The normalized spacial score (nSPS) is 12.2. The van der Waals surface area contributed by atoms with Crippen LogP contribution in [0.5, 0.6) is 0 Å². The van der Waals surface area contributed by atoms with Crippen LogP contribution in [0.3, 0.4) is 0 Å². The van der Waals surface area contributed by atoms with Crippen LogP contribution in [-0.4, -0.2) is 18.6 Å². The topological polar surface area (TPSA) is 28.2 Å². The molecule has 1 N–H and O–H groups in total. The fourth-order valence-corrected chi connectivity index (χ4v) is 2.50. The first-order valence-corrected chi connectivity index (χ1v) is 7.12. The van der Waals surface area contributed by atoms with Crippen LogP contribution in [0.1, 0.15) is 31.0 Å². The van der Waals surface area contributed by atoms with Gasteiger partial charge in [0.1, 0.15) is 5.82 Å². The zero-order chi connectivity index (χ0) is 14.5. The molecule has 1 unspecified atom stereocenters. The maximum atomic E-state index is 4.59. The second-order valence-corrected chi connectivity index (χ2v) is 5.04. The highest BCUT2D eigenvalue weighted by Crippen LogP contribution is 2.30. The van der Waals surface area contributed by atoms with Gasteiger partial charge in [0.05, 0.1) is 0 Å². The van der Waals surface area contributed by atoms with Crippen molar-refractivity contribution in [2.45, 2.75) is 26.8 Å². The van der Waals surface area contributed by atoms with Gasteiger partial charge in [0, 0.05) is 30.5 Å². The van der Waals surface area contributed by atoms with Gasteiger partial charge in [0.25, 0.3) is 0 Å². The molecule has 1 aromatic carbocycles. The van der Waals surface area contributed by atoms with Crippen LogP contribution >= 0.6 is 0 Å². The van der Waals surface area contributed by atoms with Gasteiger partial charge in [-0.3, -0.25) is 0 Å². The molecule has 0 fully saturated rings. The fourth-order valence-electron chi connectivity index (χ4n) is 2.50. The molecule has 0 radical (unpaired) electrons. The summed E-state index contributed by atoms with van der Waals surface area (Å²) < 4.78 is 0. The molecule has 1 heterocycles. The minimum absolute atomic E-state index is 0.287. The molecule has 1 aromatic heterocycles. The first-order valence-electron chi connectivity index (χ1n) is 7.12. The van der Waals surface area contributed by atoms with Crippen LogP contribution in [0.25, 0.3) is 0 Å². The molecule has 0 saturated carbocycles. The van der Waals surface area contributed by atoms with Gasteiger partial charge in [-0.2, -0.15) is 0 Å². The predicted octanol–water partition coefficient (Wildman–Crippen LogP) is 3.83. The Kier molecular flexibility index (Phi) is 4.74. The van der Waals surface area contributed by atoms with Gasteiger partial charge >= 0.3 is 0 Å². The second-order valence-electron chi connectivity index (χ2n) is 5.04. The maximum Gasteiger partial charge on any atom is 0.137 e. The van der Waals surface area contributed by atoms with Crippen LogP contribution in [0.2, 0.25) is 0 Å². The number of benzene rings is 1. The SMILES string of the molecule is CCNC(C)c1cccnc1N(C)c1ccccc1C. The molecule has 0 saturated heterocycles. The smallest absolute Gasteiger partial charge is 0.137 e. The monoisotopic (exact) mass is 269 g/mol. The third-order valence-electron chi connectivity index (χ3n) is 3.59. The number of hydrogen-bond acceptors (Lipinski definition) is 3. The van der Waals surface area contributed by atoms with E-state index in [1.54, 1.807) is 0 Å². The Morgan fingerprint density at radius 2 is 1.95 bits per heavy atom. The molecule has 1 atom stereocenters. The third kappa shape index (κ3) is 2.99. The lowest BCUT2D eigenvalue weighted by Gasteiger charge is -2.25. The summed E-state index contributed by atoms with van der Waals surface area (Å²) in [7, 11) is 2.08. The lowest BCUT2D eigenvalue weighted by molar-refractivity contribution is 0.596. The molecule has 0 aliphatic rings. The van der Waals surface area contributed by atoms with E-state index in [0.717, 1.165) is 12.4 Å². The van der Waals surface area contributed by atoms with Crippen molar-refractivity contribution >= 4 is 11.5 Å². The molecule has 3 nitrogen and oxygen atoms in total. The van der Waals surface area contributed by atoms with Crippen LogP contribution in [-0.2, 0) is 0 Å². The molecule has 20 heavy (non-hydrogen) atoms. The number of aryl methyl sites for hydroxylation is 1. The summed E-state index contributed by atoms with van der Waals surface area (Å²) in [5.74, 6) is 1.01. The van der Waals surface area contributed by atoms with Crippen molar-refractivity contribution in [1.82, 2.24) is 10.3 Å². The van der Waals surface area contributed by atoms with Crippen molar-refractivity contribution in [1.29, 1.82) is 0 Å². The lowest BCUT2D eigenvalue weighted by Crippen LogP contribution is -2.22. The van der Waals surface area contributed by atoms with Gasteiger partial charge in [0.15, 0.2) is 0 Å². The zero-order valence-electron chi connectivity index (χ0n) is 12.7. The van der Waals surface area contributed by atoms with Gasteiger partial charge < -0.3 is 10.2 Å². The minimum atomic E-state index is 0.287. The number of pyridine rings is 1. The van der Waals surface area contributed by atoms with E-state index in [4.69, 9.17) is 0 Å². The second kappa shape index (κ2) is 6.53. The van der Waals surface area contributed by atoms with Crippen molar-refractivity contribution < 1.29 is 0 Å². The number of aromatic nitrogens is 1. The number of hydrogen-bond donors (Lipinski definition) is 1. The largest absolute Gasteiger partial charge is 0.329 e. The van der Waals surface area contributed by atoms with E-state index in [1.807, 2.05) is 12.3 Å². The number of nitrogens with one attached hydrogen (secondary N) is 1. The van der Waals surface area contributed by atoms with Crippen molar-refractivity contribution in [3.63, 3.8) is 0 Å². The Bertz CT molecular complexity index is 566. The summed E-state index contributed by atoms with van der Waals surface area (Å²) in [5.41, 5.74) is 3.67. The Morgan fingerprint density at radius 1 is 1.20 bits per heavy atom. The van der Waals surface area contributed by atoms with Crippen molar-refractivity contribution in [2.24, 2.45) is 0 Å². The standard InChI is InChI=1S/C17H23N3/c1-5-18-14(3)15-10-8-12-19-17(15)20(4)16-11-7-6-9-13(16)2/h6-12,14,18H,5H2,1-4H3. The number of rotatable bonds is 5. The third-order valence-corrected chi connectivity index (χ3v) is 3.59. The summed E-state index contributed by atoms with van der Waals surface area (Å²) in [5, 5.41) is 3.46. The highest BCUT2D eigenvalue weighted by molar-refractivity contribution is 5.65. The molecule has 2 aromatic rings. The quantitative estimate of drug-likeness (QED) is 0.894. The Hall–Kier alpha value is -1.87. The number of nitrogens with zero attached hydrogens (tertiary/aromatic N) is 2. The van der Waals surface area contributed by atoms with E-state index < -0.39 is 0 Å². The highest BCUT2D eigenvalue weighted by atomic mass is 15.2. The van der Waals surface area contributed by atoms with Gasteiger partial charge in [-0.1, -0.05) is 31.2 Å². The van der Waals surface area contributed by atoms with Crippen LogP contribution < -0.4 is 10.2 Å². The van der Waals surface area contributed by atoms with Gasteiger partial charge in [-0.05, 0) is 38.1 Å². The predicted molar refractivity (Wildman–Crippen MR) is 85.6 cm³/mol. The Labute approximate surface area is 121 Å². The van der Waals surface area contributed by atoms with Crippen molar-refractivity contribution in [3.05, 3.63) is 53.7 Å². The summed E-state index contributed by atoms with van der Waals surface area (Å²) in [6.45, 7) is 7.37. The maximum absolute atomic E-state index is 4.59. The number of para-hydroxylation sites is 1. The van der Waals surface area contributed by atoms with Crippen molar-refractivity contribution in [3.8, 4) is 0 Å². The first-order chi connectivity index (χ1) is 9.65. The van der Waals surface area contributed by atoms with Crippen LogP contribution in [0.15, 0.2) is 42.6 Å². The fraction of sp³-hybridized carbons (Fsp3) is 0.353. The highest BCUT2D eigenvalue weighted by Gasteiger charge is 2.15. The summed E-state index contributed by atoms with van der Waals surface area (Å²) in [6.07, 6.45) is 1.85. The molecular formula is C17H23N3. The molecule has 0 spiro atoms. The molecular weight excluding hydrogens is 246 g/mol. The average molecular weight is 269 g/mol. The molecule has 0 aliphatic carbocycles. The van der Waals surface area contributed by atoms with Crippen molar-refractivity contribution in [2.75, 3.05) is 18.5 Å². The molecule has 3 heteroatoms. The van der Waals surface area contributed by atoms with Gasteiger partial charge in [0.2, 0.25) is 0 Å². The average Bonchev–Trinajstić information content (AvgIpc) is 2.47. The first kappa shape index (κ1) is 14.5. The number of anilines is 2. The van der Waals surface area contributed by atoms with E-state index in [9.17, 15) is 0 Å². The van der Waals surface area contributed by atoms with E-state index in [0.29, 0.717) is 0 Å². The summed E-state index contributed by atoms with van der Waals surface area (Å²) in [6, 6.07) is 12.8. The minimum Gasteiger partial charge on any atom is -0.329 e. The Balaban J connectivity index is 2.40. The van der Waals surface area contributed by atoms with Crippen LogP contribution in [0.4, 0.5) is 11.5 Å². The molecule has 106 valence electrons. The van der Waals surface area contributed by atoms with Gasteiger partial charge in [-0.25, -0.2) is 4.98 Å². The van der Waals surface area contributed by atoms with Gasteiger partial charge in [-0.15, -0.1) is 0 Å². The summed E-state index contributed by atoms with van der Waals surface area (Å²) in [4.78, 5) is 6.75. The van der Waals surface area contributed by atoms with Crippen LogP contribution in [0, 0.1) is 6.92 Å². The van der Waals surface area contributed by atoms with E-state index in [1.165, 1.54) is 16.8 Å². The Morgan fingerprint density at radius 3 is 2.65 bits per heavy atom.